The molecule has 0 aromatic heterocycles. The number of benzene rings is 4. The third kappa shape index (κ3) is 17.9. The molecule has 0 N–H and O–H groups in total. The molecule has 0 bridgehead atoms. The van der Waals surface area contributed by atoms with Gasteiger partial charge in [0.1, 0.15) is 34.5 Å². The normalized spacial score (nSPS) is 11.1. The average molecular weight is 847 g/mol. The topological polar surface area (TPSA) is 111 Å². The summed E-state index contributed by atoms with van der Waals surface area (Å²) in [6, 6.07) is 24.5. The molecular formula is C42H54O12S3. The quantitative estimate of drug-likeness (QED) is 0.0466. The highest BCUT2D eigenvalue weighted by molar-refractivity contribution is 7.98. The Balaban J connectivity index is 1.49. The predicted molar refractivity (Wildman–Crippen MR) is 226 cm³/mol. The van der Waals surface area contributed by atoms with Crippen molar-refractivity contribution >= 4 is 35.3 Å². The van der Waals surface area contributed by atoms with E-state index in [1.165, 1.54) is 16.7 Å². The van der Waals surface area contributed by atoms with Gasteiger partial charge in [-0.2, -0.15) is 35.3 Å². The van der Waals surface area contributed by atoms with Crippen molar-refractivity contribution in [3.8, 4) is 34.5 Å². The number of thioether (sulfide) groups is 3. The zero-order chi connectivity index (χ0) is 40.5. The Kier molecular flexibility index (Phi) is 22.1. The molecule has 312 valence electrons. The van der Waals surface area contributed by atoms with Gasteiger partial charge < -0.3 is 56.8 Å². The van der Waals surface area contributed by atoms with E-state index < -0.39 is 0 Å². The first-order valence-corrected chi connectivity index (χ1v) is 21.4. The summed E-state index contributed by atoms with van der Waals surface area (Å²) in [7, 11) is 9.58. The van der Waals surface area contributed by atoms with Crippen LogP contribution in [0, 0.1) is 0 Å². The maximum atomic E-state index is 5.74. The molecule has 4 rings (SSSR count). The van der Waals surface area contributed by atoms with E-state index in [9.17, 15) is 0 Å². The summed E-state index contributed by atoms with van der Waals surface area (Å²) in [5.41, 5.74) is 7.01. The molecule has 4 aromatic carbocycles. The van der Waals surface area contributed by atoms with Gasteiger partial charge in [0.2, 0.25) is 0 Å². The molecular weight excluding hydrogens is 793 g/mol. The van der Waals surface area contributed by atoms with Gasteiger partial charge >= 0.3 is 0 Å². The number of hydrogen-bond donors (Lipinski definition) is 0. The van der Waals surface area contributed by atoms with Crippen molar-refractivity contribution in [2.24, 2.45) is 0 Å². The summed E-state index contributed by atoms with van der Waals surface area (Å²) in [6.07, 6.45) is 0. The second-order valence-electron chi connectivity index (χ2n) is 12.4. The molecule has 0 saturated heterocycles. The third-order valence-corrected chi connectivity index (χ3v) is 10.8. The Labute approximate surface area is 349 Å². The fourth-order valence-electron chi connectivity index (χ4n) is 5.35. The van der Waals surface area contributed by atoms with Gasteiger partial charge in [0.25, 0.3) is 0 Å². The summed E-state index contributed by atoms with van der Waals surface area (Å²) in [4.78, 5) is 0. The SMILES string of the molecule is COCOc1cc(CSCc2cc(CSCc3cc(OCOC)cc(OCOC)c3)cc(CSCc3cc(OCOC)cc(OCOC)c3)c2)cc(OCOC)c1. The van der Waals surface area contributed by atoms with Crippen LogP contribution >= 0.6 is 35.3 Å². The molecule has 15 heteroatoms. The van der Waals surface area contributed by atoms with E-state index in [1.807, 2.05) is 89.9 Å². The van der Waals surface area contributed by atoms with Crippen molar-refractivity contribution in [3.05, 3.63) is 106 Å². The fourth-order valence-corrected chi connectivity index (χ4v) is 8.07. The molecule has 0 aliphatic heterocycles. The van der Waals surface area contributed by atoms with Gasteiger partial charge in [0, 0.05) is 95.4 Å². The Morgan fingerprint density at radius 2 is 0.439 bits per heavy atom. The van der Waals surface area contributed by atoms with E-state index in [1.54, 1.807) is 42.7 Å². The molecule has 4 aromatic rings. The molecule has 0 atom stereocenters. The number of methoxy groups -OCH3 is 6. The molecule has 0 amide bonds. The van der Waals surface area contributed by atoms with Crippen LogP contribution < -0.4 is 28.4 Å². The van der Waals surface area contributed by atoms with E-state index in [0.717, 1.165) is 51.2 Å². The highest BCUT2D eigenvalue weighted by atomic mass is 32.2. The van der Waals surface area contributed by atoms with E-state index in [2.05, 4.69) is 18.2 Å². The van der Waals surface area contributed by atoms with Crippen molar-refractivity contribution in [1.29, 1.82) is 0 Å². The Morgan fingerprint density at radius 1 is 0.263 bits per heavy atom. The third-order valence-electron chi connectivity index (χ3n) is 7.60. The standard InChI is InChI=1S/C42H54O12S3/c1-43-25-49-37-10-34(11-38(16-37)50-26-44-2)22-55-19-31-7-32(20-56-23-35-12-39(51-27-45-3)17-40(13-35)52-28-46-4)9-33(8-31)21-57-24-36-14-41(53-29-47-5)18-42(15-36)54-30-48-6/h7-18H,19-30H2,1-6H3. The van der Waals surface area contributed by atoms with Gasteiger partial charge in [-0.15, -0.1) is 0 Å². The van der Waals surface area contributed by atoms with Crippen LogP contribution in [0.15, 0.2) is 72.8 Å². The number of hydrogen-bond acceptors (Lipinski definition) is 15. The molecule has 0 spiro atoms. The molecule has 0 fully saturated rings. The largest absolute Gasteiger partial charge is 0.467 e. The van der Waals surface area contributed by atoms with Gasteiger partial charge in [-0.25, -0.2) is 0 Å². The highest BCUT2D eigenvalue weighted by Crippen LogP contribution is 2.32. The van der Waals surface area contributed by atoms with Crippen LogP contribution in [0.2, 0.25) is 0 Å². The van der Waals surface area contributed by atoms with Crippen LogP contribution in [-0.2, 0) is 62.9 Å². The van der Waals surface area contributed by atoms with Gasteiger partial charge in [0.15, 0.2) is 40.8 Å². The average Bonchev–Trinajstić information content (AvgIpc) is 3.22. The van der Waals surface area contributed by atoms with Crippen molar-refractivity contribution in [1.82, 2.24) is 0 Å². The summed E-state index contributed by atoms with van der Waals surface area (Å²) in [5.74, 6) is 8.86. The maximum absolute atomic E-state index is 5.74. The first kappa shape index (κ1) is 46.2. The first-order chi connectivity index (χ1) is 27.9. The van der Waals surface area contributed by atoms with Crippen molar-refractivity contribution in [2.75, 3.05) is 83.4 Å². The second kappa shape index (κ2) is 27.2. The molecule has 57 heavy (non-hydrogen) atoms. The first-order valence-electron chi connectivity index (χ1n) is 17.9. The van der Waals surface area contributed by atoms with Crippen LogP contribution in [-0.4, -0.2) is 83.4 Å². The predicted octanol–water partition coefficient (Wildman–Crippen LogP) is 8.88. The Morgan fingerprint density at radius 3 is 0.614 bits per heavy atom. The maximum Gasteiger partial charge on any atom is 0.188 e. The molecule has 0 unspecified atom stereocenters. The number of rotatable bonds is 30. The summed E-state index contributed by atoms with van der Waals surface area (Å²) >= 11 is 5.50. The minimum atomic E-state index is 0.150. The van der Waals surface area contributed by atoms with Crippen LogP contribution in [0.5, 0.6) is 34.5 Å². The monoisotopic (exact) mass is 846 g/mol. The van der Waals surface area contributed by atoms with Crippen molar-refractivity contribution in [2.45, 2.75) is 34.5 Å². The van der Waals surface area contributed by atoms with Crippen LogP contribution in [0.4, 0.5) is 0 Å². The zero-order valence-electron chi connectivity index (χ0n) is 33.5. The lowest BCUT2D eigenvalue weighted by Gasteiger charge is -2.14. The summed E-state index contributed by atoms with van der Waals surface area (Å²) in [6.45, 7) is 0.902. The molecule has 0 radical (unpaired) electrons. The van der Waals surface area contributed by atoms with Crippen molar-refractivity contribution in [3.63, 3.8) is 0 Å². The van der Waals surface area contributed by atoms with E-state index in [-0.39, 0.29) is 40.8 Å². The smallest absolute Gasteiger partial charge is 0.188 e. The fraction of sp³-hybridized carbons (Fsp3) is 0.429. The molecule has 0 heterocycles. The van der Waals surface area contributed by atoms with Crippen LogP contribution in [0.3, 0.4) is 0 Å². The molecule has 0 saturated carbocycles. The molecule has 12 nitrogen and oxygen atoms in total. The van der Waals surface area contributed by atoms with Gasteiger partial charge in [-0.1, -0.05) is 18.2 Å². The van der Waals surface area contributed by atoms with Crippen molar-refractivity contribution < 1.29 is 56.8 Å². The lowest BCUT2D eigenvalue weighted by atomic mass is 10.1. The van der Waals surface area contributed by atoms with E-state index in [4.69, 9.17) is 56.8 Å². The molecule has 0 aliphatic carbocycles. The minimum absolute atomic E-state index is 0.150. The lowest BCUT2D eigenvalue weighted by molar-refractivity contribution is 0.0456. The van der Waals surface area contributed by atoms with E-state index >= 15 is 0 Å². The molecule has 0 aliphatic rings. The highest BCUT2D eigenvalue weighted by Gasteiger charge is 2.10. The second-order valence-corrected chi connectivity index (χ2v) is 15.3. The Hall–Kier alpha value is -3.51. The Bertz CT molecular complexity index is 1460. The van der Waals surface area contributed by atoms with E-state index in [0.29, 0.717) is 34.5 Å². The van der Waals surface area contributed by atoms with Crippen LogP contribution in [0.1, 0.15) is 33.4 Å². The van der Waals surface area contributed by atoms with Gasteiger partial charge in [0.05, 0.1) is 0 Å². The number of ether oxygens (including phenoxy) is 12. The zero-order valence-corrected chi connectivity index (χ0v) is 36.0. The lowest BCUT2D eigenvalue weighted by Crippen LogP contribution is -2.02. The minimum Gasteiger partial charge on any atom is -0.467 e. The van der Waals surface area contributed by atoms with Gasteiger partial charge in [-0.05, 0) is 69.8 Å². The van der Waals surface area contributed by atoms with Gasteiger partial charge in [-0.3, -0.25) is 0 Å². The summed E-state index contributed by atoms with van der Waals surface area (Å²) < 4.78 is 65.1. The van der Waals surface area contributed by atoms with Crippen LogP contribution in [0.25, 0.3) is 0 Å². The summed E-state index contributed by atoms with van der Waals surface area (Å²) in [5, 5.41) is 0.